The van der Waals surface area contributed by atoms with Gasteiger partial charge >= 0.3 is 0 Å². The predicted octanol–water partition coefficient (Wildman–Crippen LogP) is 5.36. The van der Waals surface area contributed by atoms with Crippen LogP contribution in [0.2, 0.25) is 0 Å². The van der Waals surface area contributed by atoms with E-state index in [0.29, 0.717) is 5.92 Å². The number of carbonyl (C=O) groups is 1. The maximum atomic E-state index is 12.8. The maximum Gasteiger partial charge on any atom is 0.193 e. The number of methoxy groups -OCH3 is 1. The molecule has 3 aliphatic rings. The van der Waals surface area contributed by atoms with Gasteiger partial charge in [-0.15, -0.1) is 0 Å². The summed E-state index contributed by atoms with van der Waals surface area (Å²) in [5.41, 5.74) is 2.79. The summed E-state index contributed by atoms with van der Waals surface area (Å²) in [5, 5.41) is 3.89. The lowest BCUT2D eigenvalue weighted by molar-refractivity contribution is 0.103. The van der Waals surface area contributed by atoms with Crippen molar-refractivity contribution in [2.45, 2.75) is 50.5 Å². The number of hydrogen-bond acceptors (Lipinski definition) is 4. The van der Waals surface area contributed by atoms with Crippen LogP contribution in [0.3, 0.4) is 0 Å². The number of fused-ring (bicyclic) bond motifs is 2. The normalized spacial score (nSPS) is 28.0. The molecule has 2 bridgehead atoms. The second-order valence-corrected chi connectivity index (χ2v) is 9.63. The van der Waals surface area contributed by atoms with Gasteiger partial charge in [-0.1, -0.05) is 6.42 Å². The predicted molar refractivity (Wildman–Crippen MR) is 114 cm³/mol. The van der Waals surface area contributed by atoms with Gasteiger partial charge in [0.2, 0.25) is 0 Å². The van der Waals surface area contributed by atoms with E-state index in [1.54, 1.807) is 18.4 Å². The van der Waals surface area contributed by atoms with E-state index in [0.717, 1.165) is 34.8 Å². The van der Waals surface area contributed by atoms with E-state index < -0.39 is 0 Å². The molecule has 2 aromatic rings. The highest BCUT2D eigenvalue weighted by Crippen LogP contribution is 2.48. The number of likely N-dealkylation sites (tertiary alicyclic amines) is 1. The van der Waals surface area contributed by atoms with Crippen molar-refractivity contribution >= 4 is 17.1 Å². The minimum Gasteiger partial charge on any atom is -0.496 e. The minimum absolute atomic E-state index is 0.115. The molecule has 2 aliphatic carbocycles. The summed E-state index contributed by atoms with van der Waals surface area (Å²) in [6.07, 6.45) is 8.17. The number of hydrogen-bond donors (Lipinski definition) is 0. The van der Waals surface area contributed by atoms with E-state index in [1.165, 1.54) is 57.2 Å². The van der Waals surface area contributed by atoms with E-state index in [2.05, 4.69) is 11.0 Å². The van der Waals surface area contributed by atoms with E-state index in [-0.39, 0.29) is 5.78 Å². The van der Waals surface area contributed by atoms with Crippen LogP contribution in [0.5, 0.6) is 5.75 Å². The highest BCUT2D eigenvalue weighted by Gasteiger charge is 2.43. The van der Waals surface area contributed by atoms with Gasteiger partial charge in [0, 0.05) is 22.5 Å². The number of ketones is 1. The molecule has 0 radical (unpaired) electrons. The van der Waals surface area contributed by atoms with Crippen LogP contribution in [0.15, 0.2) is 35.0 Å². The summed E-state index contributed by atoms with van der Waals surface area (Å²) < 4.78 is 5.67. The largest absolute Gasteiger partial charge is 0.496 e. The van der Waals surface area contributed by atoms with Crippen LogP contribution in [0.4, 0.5) is 0 Å². The second-order valence-electron chi connectivity index (χ2n) is 8.85. The van der Waals surface area contributed by atoms with Crippen LogP contribution in [-0.4, -0.2) is 36.9 Å². The Morgan fingerprint density at radius 2 is 1.93 bits per heavy atom. The average molecular weight is 396 g/mol. The number of piperidine rings is 1. The van der Waals surface area contributed by atoms with E-state index in [1.807, 2.05) is 29.0 Å². The summed E-state index contributed by atoms with van der Waals surface area (Å²) in [6, 6.07) is 8.74. The molecule has 1 aliphatic heterocycles. The molecule has 5 rings (SSSR count). The Kier molecular flexibility index (Phi) is 5.02. The quantitative estimate of drug-likeness (QED) is 0.639. The standard InChI is InChI=1S/C24H29NO2S/c1-27-23-5-4-19(24(26)20-8-11-28-15-20)14-21(23)17-6-9-25(10-7-17)22-13-16-2-3-18(22)12-16/h4-5,8,11,14-18,22H,2-3,6-7,9-10,12-13H2,1H3/t16-,18?,22-/m0/s1. The Labute approximate surface area is 171 Å². The number of rotatable bonds is 5. The molecular formula is C24H29NO2S. The Morgan fingerprint density at radius 1 is 1.07 bits per heavy atom. The van der Waals surface area contributed by atoms with Crippen LogP contribution in [0.1, 0.15) is 65.9 Å². The molecule has 28 heavy (non-hydrogen) atoms. The molecule has 3 fully saturated rings. The zero-order valence-electron chi connectivity index (χ0n) is 16.6. The van der Waals surface area contributed by atoms with Crippen LogP contribution < -0.4 is 4.74 Å². The maximum absolute atomic E-state index is 12.8. The average Bonchev–Trinajstić information content (AvgIpc) is 3.51. The van der Waals surface area contributed by atoms with Crippen molar-refractivity contribution in [2.75, 3.05) is 20.2 Å². The summed E-state index contributed by atoms with van der Waals surface area (Å²) >= 11 is 1.57. The number of nitrogens with zero attached hydrogens (tertiary/aromatic N) is 1. The van der Waals surface area contributed by atoms with E-state index in [4.69, 9.17) is 4.74 Å². The fourth-order valence-corrected chi connectivity index (χ4v) is 6.59. The minimum atomic E-state index is 0.115. The molecule has 0 amide bonds. The van der Waals surface area contributed by atoms with Gasteiger partial charge < -0.3 is 9.64 Å². The van der Waals surface area contributed by atoms with Crippen molar-refractivity contribution in [1.82, 2.24) is 4.90 Å². The first-order valence-corrected chi connectivity index (χ1v) is 11.7. The summed E-state index contributed by atoms with van der Waals surface area (Å²) in [6.45, 7) is 2.37. The second kappa shape index (κ2) is 7.64. The van der Waals surface area contributed by atoms with Crippen molar-refractivity contribution < 1.29 is 9.53 Å². The molecule has 2 saturated carbocycles. The summed E-state index contributed by atoms with van der Waals surface area (Å²) in [5.74, 6) is 3.50. The molecule has 3 nitrogen and oxygen atoms in total. The summed E-state index contributed by atoms with van der Waals surface area (Å²) in [7, 11) is 1.74. The first-order valence-electron chi connectivity index (χ1n) is 10.7. The van der Waals surface area contributed by atoms with Crippen molar-refractivity contribution in [3.05, 3.63) is 51.7 Å². The van der Waals surface area contributed by atoms with Gasteiger partial charge in [-0.05, 0) is 98.2 Å². The lowest BCUT2D eigenvalue weighted by Gasteiger charge is -2.40. The highest BCUT2D eigenvalue weighted by atomic mass is 32.1. The van der Waals surface area contributed by atoms with Gasteiger partial charge in [-0.25, -0.2) is 0 Å². The van der Waals surface area contributed by atoms with E-state index in [9.17, 15) is 4.79 Å². The zero-order valence-corrected chi connectivity index (χ0v) is 17.4. The molecule has 1 unspecified atom stereocenters. The van der Waals surface area contributed by atoms with Crippen molar-refractivity contribution in [2.24, 2.45) is 11.8 Å². The smallest absolute Gasteiger partial charge is 0.193 e. The van der Waals surface area contributed by atoms with Crippen LogP contribution >= 0.6 is 11.3 Å². The third-order valence-corrected chi connectivity index (χ3v) is 8.10. The molecule has 148 valence electrons. The Bertz CT molecular complexity index is 838. The van der Waals surface area contributed by atoms with Crippen molar-refractivity contribution in [1.29, 1.82) is 0 Å². The molecule has 0 spiro atoms. The fraction of sp³-hybridized carbons (Fsp3) is 0.542. The van der Waals surface area contributed by atoms with Gasteiger partial charge in [0.25, 0.3) is 0 Å². The third kappa shape index (κ3) is 3.31. The molecule has 4 heteroatoms. The van der Waals surface area contributed by atoms with Crippen molar-refractivity contribution in [3.63, 3.8) is 0 Å². The monoisotopic (exact) mass is 395 g/mol. The molecule has 1 saturated heterocycles. The van der Waals surface area contributed by atoms with Gasteiger partial charge in [0.1, 0.15) is 5.75 Å². The molecule has 0 N–H and O–H groups in total. The Balaban J connectivity index is 1.31. The van der Waals surface area contributed by atoms with Crippen LogP contribution in [-0.2, 0) is 0 Å². The molecule has 2 heterocycles. The van der Waals surface area contributed by atoms with Crippen molar-refractivity contribution in [3.8, 4) is 5.75 Å². The molecule has 1 aromatic carbocycles. The number of carbonyl (C=O) groups excluding carboxylic acids is 1. The molecule has 3 atom stereocenters. The first-order chi connectivity index (χ1) is 13.7. The van der Waals surface area contributed by atoms with Gasteiger partial charge in [-0.3, -0.25) is 4.79 Å². The SMILES string of the molecule is COc1ccc(C(=O)c2ccsc2)cc1C1CCN([C@H]2C[C@H]3CCC2C3)CC1. The number of ether oxygens (including phenoxy) is 1. The number of benzene rings is 1. The Hall–Kier alpha value is -1.65. The molecule has 1 aromatic heterocycles. The van der Waals surface area contributed by atoms with Gasteiger partial charge in [0.05, 0.1) is 7.11 Å². The highest BCUT2D eigenvalue weighted by molar-refractivity contribution is 7.08. The Morgan fingerprint density at radius 3 is 2.57 bits per heavy atom. The topological polar surface area (TPSA) is 29.5 Å². The van der Waals surface area contributed by atoms with E-state index >= 15 is 0 Å². The van der Waals surface area contributed by atoms with Gasteiger partial charge in [-0.2, -0.15) is 11.3 Å². The third-order valence-electron chi connectivity index (χ3n) is 7.41. The summed E-state index contributed by atoms with van der Waals surface area (Å²) in [4.78, 5) is 15.6. The lowest BCUT2D eigenvalue weighted by atomic mass is 9.85. The fourth-order valence-electron chi connectivity index (χ4n) is 5.96. The zero-order chi connectivity index (χ0) is 19.1. The van der Waals surface area contributed by atoms with Crippen LogP contribution in [0.25, 0.3) is 0 Å². The first kappa shape index (κ1) is 18.4. The van der Waals surface area contributed by atoms with Crippen LogP contribution in [0, 0.1) is 11.8 Å². The van der Waals surface area contributed by atoms with Gasteiger partial charge in [0.15, 0.2) is 5.78 Å². The number of thiophene rings is 1. The molecular weight excluding hydrogens is 366 g/mol. The lowest BCUT2D eigenvalue weighted by Crippen LogP contribution is -2.43.